The summed E-state index contributed by atoms with van der Waals surface area (Å²) >= 11 is 5.96. The molecule has 0 bridgehead atoms. The van der Waals surface area contributed by atoms with Gasteiger partial charge < -0.3 is 29.7 Å². The molecule has 1 N–H and O–H groups in total. The zero-order chi connectivity index (χ0) is 32.3. The first kappa shape index (κ1) is 32.9. The van der Waals surface area contributed by atoms with Crippen LogP contribution in [0.4, 0.5) is 28.4 Å². The van der Waals surface area contributed by atoms with E-state index in [1.807, 2.05) is 43.3 Å². The molecule has 4 amide bonds. The van der Waals surface area contributed by atoms with E-state index in [4.69, 9.17) is 16.3 Å². The SMILES string of the molecule is CN(C)C1CCN(C(=O)[C@@H](Cc2ccc(C(F)(F)F)c(Cl)c2)OC(=O)N2CCC(N3CCc4ccccc4NC3=O)CC2)CC1. The number of anilines is 1. The summed E-state index contributed by atoms with van der Waals surface area (Å²) in [6.45, 7) is 2.20. The van der Waals surface area contributed by atoms with E-state index in [9.17, 15) is 27.6 Å². The van der Waals surface area contributed by atoms with Crippen molar-refractivity contribution in [3.63, 3.8) is 0 Å². The van der Waals surface area contributed by atoms with Crippen molar-refractivity contribution in [2.75, 3.05) is 52.1 Å². The van der Waals surface area contributed by atoms with E-state index in [1.165, 1.54) is 17.0 Å². The highest BCUT2D eigenvalue weighted by atomic mass is 35.5. The number of para-hydroxylation sites is 1. The lowest BCUT2D eigenvalue weighted by Gasteiger charge is -2.38. The second kappa shape index (κ2) is 13.9. The molecule has 244 valence electrons. The van der Waals surface area contributed by atoms with Gasteiger partial charge in [0.1, 0.15) is 0 Å². The Morgan fingerprint density at radius 2 is 1.67 bits per heavy atom. The summed E-state index contributed by atoms with van der Waals surface area (Å²) in [5.74, 6) is -0.382. The lowest BCUT2D eigenvalue weighted by atomic mass is 10.0. The number of hydrogen-bond acceptors (Lipinski definition) is 5. The maximum Gasteiger partial charge on any atom is 0.417 e. The van der Waals surface area contributed by atoms with E-state index in [2.05, 4.69) is 10.2 Å². The van der Waals surface area contributed by atoms with Gasteiger partial charge >= 0.3 is 18.3 Å². The number of urea groups is 1. The Morgan fingerprint density at radius 1 is 1.00 bits per heavy atom. The number of nitrogens with one attached hydrogen (secondary N) is 1. The van der Waals surface area contributed by atoms with Gasteiger partial charge in [-0.15, -0.1) is 0 Å². The molecule has 45 heavy (non-hydrogen) atoms. The van der Waals surface area contributed by atoms with Gasteiger partial charge in [0.25, 0.3) is 5.91 Å². The standard InChI is InChI=1S/C32H39ClF3N5O4/c1-38(2)23-10-14-39(15-11-23)29(42)28(20-21-7-8-25(26(33)19-21)32(34,35)36)45-31(44)40-16-12-24(13-17-40)41-18-9-22-5-3-4-6-27(22)37-30(41)43/h3-8,19,23-24,28H,9-18,20H2,1-2H3,(H,37,43)/t28-/m1/s1. The van der Waals surface area contributed by atoms with Crippen molar-refractivity contribution in [1.29, 1.82) is 0 Å². The molecule has 2 saturated heterocycles. The van der Waals surface area contributed by atoms with Crippen molar-refractivity contribution >= 4 is 35.3 Å². The van der Waals surface area contributed by atoms with Crippen LogP contribution in [-0.2, 0) is 28.5 Å². The quantitative estimate of drug-likeness (QED) is 0.446. The molecule has 5 rings (SSSR count). The van der Waals surface area contributed by atoms with Crippen LogP contribution in [0.15, 0.2) is 42.5 Å². The predicted octanol–water partition coefficient (Wildman–Crippen LogP) is 5.51. The van der Waals surface area contributed by atoms with Gasteiger partial charge in [-0.1, -0.05) is 35.9 Å². The minimum atomic E-state index is -4.61. The van der Waals surface area contributed by atoms with Gasteiger partial charge in [-0.3, -0.25) is 4.79 Å². The number of benzene rings is 2. The Hall–Kier alpha value is -3.51. The molecule has 0 aliphatic carbocycles. The van der Waals surface area contributed by atoms with E-state index in [0.29, 0.717) is 57.2 Å². The molecule has 2 aromatic rings. The van der Waals surface area contributed by atoms with Gasteiger partial charge in [0, 0.05) is 56.9 Å². The molecule has 1 atom stereocenters. The van der Waals surface area contributed by atoms with Crippen LogP contribution >= 0.6 is 11.6 Å². The van der Waals surface area contributed by atoms with Crippen LogP contribution in [0.25, 0.3) is 0 Å². The number of piperidine rings is 2. The molecule has 0 unspecified atom stereocenters. The number of amides is 4. The summed E-state index contributed by atoms with van der Waals surface area (Å²) in [5.41, 5.74) is 1.27. The molecule has 3 heterocycles. The van der Waals surface area contributed by atoms with Gasteiger partial charge in [-0.2, -0.15) is 13.2 Å². The molecule has 0 radical (unpaired) electrons. The monoisotopic (exact) mass is 649 g/mol. The van der Waals surface area contributed by atoms with Crippen molar-refractivity contribution in [3.05, 3.63) is 64.2 Å². The summed E-state index contributed by atoms with van der Waals surface area (Å²) in [4.78, 5) is 47.2. The Morgan fingerprint density at radius 3 is 2.31 bits per heavy atom. The first-order valence-corrected chi connectivity index (χ1v) is 15.7. The number of nitrogens with zero attached hydrogens (tertiary/aromatic N) is 4. The highest BCUT2D eigenvalue weighted by Crippen LogP contribution is 2.35. The molecule has 0 aromatic heterocycles. The molecule has 0 saturated carbocycles. The molecular formula is C32H39ClF3N5O4. The number of rotatable bonds is 6. The number of carbonyl (C=O) groups is 3. The maximum atomic E-state index is 13.7. The van der Waals surface area contributed by atoms with Gasteiger partial charge in [-0.25, -0.2) is 9.59 Å². The van der Waals surface area contributed by atoms with E-state index in [1.54, 1.807) is 4.90 Å². The number of hydrogen-bond donors (Lipinski definition) is 1. The van der Waals surface area contributed by atoms with Crippen molar-refractivity contribution in [1.82, 2.24) is 19.6 Å². The van der Waals surface area contributed by atoms with Gasteiger partial charge in [-0.05, 0) is 75.5 Å². The lowest BCUT2D eigenvalue weighted by Crippen LogP contribution is -2.52. The van der Waals surface area contributed by atoms with E-state index < -0.39 is 29.0 Å². The average molecular weight is 650 g/mol. The number of fused-ring (bicyclic) bond motifs is 1. The van der Waals surface area contributed by atoms with Gasteiger partial charge in [0.2, 0.25) is 0 Å². The van der Waals surface area contributed by atoms with Crippen molar-refractivity contribution in [3.8, 4) is 0 Å². The number of carbonyl (C=O) groups excluding carboxylic acids is 3. The van der Waals surface area contributed by atoms with Crippen LogP contribution in [0, 0.1) is 0 Å². The Labute approximate surface area is 266 Å². The van der Waals surface area contributed by atoms with Crippen LogP contribution in [-0.4, -0.2) is 103 Å². The number of ether oxygens (including phenoxy) is 1. The highest BCUT2D eigenvalue weighted by Gasteiger charge is 2.37. The molecule has 3 aliphatic heterocycles. The fraction of sp³-hybridized carbons (Fsp3) is 0.531. The van der Waals surface area contributed by atoms with Gasteiger partial charge in [0.05, 0.1) is 10.6 Å². The molecule has 13 heteroatoms. The van der Waals surface area contributed by atoms with E-state index >= 15 is 0 Å². The van der Waals surface area contributed by atoms with E-state index in [-0.39, 0.29) is 24.4 Å². The highest BCUT2D eigenvalue weighted by molar-refractivity contribution is 6.31. The van der Waals surface area contributed by atoms with Crippen molar-refractivity contribution in [2.45, 2.75) is 62.9 Å². The molecular weight excluding hydrogens is 611 g/mol. The molecule has 0 spiro atoms. The molecule has 2 fully saturated rings. The molecule has 2 aromatic carbocycles. The van der Waals surface area contributed by atoms with Crippen LogP contribution < -0.4 is 5.32 Å². The number of likely N-dealkylation sites (tertiary alicyclic amines) is 2. The fourth-order valence-corrected chi connectivity index (χ4v) is 6.72. The lowest BCUT2D eigenvalue weighted by molar-refractivity contribution is -0.142. The number of alkyl halides is 3. The van der Waals surface area contributed by atoms with Gasteiger partial charge in [0.15, 0.2) is 6.10 Å². The Bertz CT molecular complexity index is 1390. The smallest absolute Gasteiger partial charge is 0.417 e. The third-order valence-electron chi connectivity index (χ3n) is 9.09. The number of halogens is 4. The van der Waals surface area contributed by atoms with E-state index in [0.717, 1.165) is 36.6 Å². The largest absolute Gasteiger partial charge is 0.436 e. The maximum absolute atomic E-state index is 13.7. The second-order valence-corrected chi connectivity index (χ2v) is 12.6. The van der Waals surface area contributed by atoms with Crippen molar-refractivity contribution in [2.24, 2.45) is 0 Å². The van der Waals surface area contributed by atoms with Crippen molar-refractivity contribution < 1.29 is 32.3 Å². The summed E-state index contributed by atoms with van der Waals surface area (Å²) in [5, 5.41) is 2.51. The molecule has 9 nitrogen and oxygen atoms in total. The Kier molecular flexibility index (Phi) is 10.1. The summed E-state index contributed by atoms with van der Waals surface area (Å²) in [6, 6.07) is 11.1. The minimum Gasteiger partial charge on any atom is -0.436 e. The third-order valence-corrected chi connectivity index (χ3v) is 9.40. The zero-order valence-corrected chi connectivity index (χ0v) is 26.2. The summed E-state index contributed by atoms with van der Waals surface area (Å²) < 4.78 is 45.7. The zero-order valence-electron chi connectivity index (χ0n) is 25.5. The normalized spacial score (nSPS) is 19.2. The average Bonchev–Trinajstić information content (AvgIpc) is 3.18. The predicted molar refractivity (Wildman–Crippen MR) is 164 cm³/mol. The topological polar surface area (TPSA) is 85.4 Å². The van der Waals surface area contributed by atoms with Crippen LogP contribution in [0.1, 0.15) is 42.4 Å². The first-order chi connectivity index (χ1) is 21.4. The summed E-state index contributed by atoms with van der Waals surface area (Å²) in [6.07, 6.45) is -3.29. The molecule has 3 aliphatic rings. The second-order valence-electron chi connectivity index (χ2n) is 12.2. The van der Waals surface area contributed by atoms with Crippen LogP contribution in [0.2, 0.25) is 5.02 Å². The third kappa shape index (κ3) is 7.84. The van der Waals surface area contributed by atoms with Crippen LogP contribution in [0.5, 0.6) is 0 Å². The fourth-order valence-electron chi connectivity index (χ4n) is 6.41. The van der Waals surface area contributed by atoms with Crippen LogP contribution in [0.3, 0.4) is 0 Å². The summed E-state index contributed by atoms with van der Waals surface area (Å²) in [7, 11) is 3.98. The first-order valence-electron chi connectivity index (χ1n) is 15.3. The Balaban J connectivity index is 1.24. The minimum absolute atomic E-state index is 0.0620.